The van der Waals surface area contributed by atoms with Crippen LogP contribution >= 0.6 is 0 Å². The summed E-state index contributed by atoms with van der Waals surface area (Å²) in [5, 5.41) is 3.29. The van der Waals surface area contributed by atoms with E-state index in [9.17, 15) is 9.59 Å². The summed E-state index contributed by atoms with van der Waals surface area (Å²) >= 11 is 0. The molecule has 6 heteroatoms. The van der Waals surface area contributed by atoms with E-state index < -0.39 is 0 Å². The minimum Gasteiger partial charge on any atom is -0.312 e. The summed E-state index contributed by atoms with van der Waals surface area (Å²) in [5.74, 6) is 0.201. The van der Waals surface area contributed by atoms with Gasteiger partial charge in [-0.15, -0.1) is 0 Å². The molecule has 0 spiro atoms. The number of carbonyl (C=O) groups is 2. The molecule has 1 aliphatic rings. The molecule has 0 radical (unpaired) electrons. The molecule has 0 aliphatic carbocycles. The second-order valence-electron chi connectivity index (χ2n) is 12.6. The van der Waals surface area contributed by atoms with Crippen LogP contribution in [0.3, 0.4) is 0 Å². The molecule has 242 valence electrons. The van der Waals surface area contributed by atoms with E-state index in [2.05, 4.69) is 30.0 Å². The number of amides is 2. The van der Waals surface area contributed by atoms with Crippen LogP contribution in [-0.2, 0) is 9.59 Å². The topological polar surface area (TPSA) is 73.5 Å². The van der Waals surface area contributed by atoms with Crippen LogP contribution in [0.5, 0.6) is 0 Å². The van der Waals surface area contributed by atoms with Crippen molar-refractivity contribution in [2.24, 2.45) is 0 Å². The quantitative estimate of drug-likeness (QED) is 0.0586. The highest BCUT2D eigenvalue weighted by Crippen LogP contribution is 2.15. The number of carbonyl (C=O) groups excluding carboxylic acids is 2. The predicted octanol–water partition coefficient (Wildman–Crippen LogP) is 9.29. The van der Waals surface area contributed by atoms with Gasteiger partial charge in [-0.2, -0.15) is 5.43 Å². The van der Waals surface area contributed by atoms with E-state index in [0.717, 1.165) is 32.2 Å². The van der Waals surface area contributed by atoms with Gasteiger partial charge in [0.1, 0.15) is 0 Å². The van der Waals surface area contributed by atoms with Crippen molar-refractivity contribution in [3.05, 3.63) is 0 Å². The Morgan fingerprint density at radius 3 is 1.34 bits per heavy atom. The Balaban J connectivity index is 1.94. The van der Waals surface area contributed by atoms with Crippen molar-refractivity contribution in [1.82, 2.24) is 21.1 Å². The fourth-order valence-electron chi connectivity index (χ4n) is 5.91. The van der Waals surface area contributed by atoms with E-state index in [-0.39, 0.29) is 18.1 Å². The SMILES string of the molecule is CCCCCCCCCCCCCCCC(=O)NNC1NCCN1C(=O)CCCCCCCCCCCCCCC. The standard InChI is InChI=1S/C35H70N4O2/c1-3-5-7-9-11-13-15-17-19-21-23-25-27-29-33(40)37-38-35-36-31-32-39(35)34(41)30-28-26-24-22-20-18-16-14-12-10-8-6-4-2/h35-36,38H,3-32H2,1-2H3,(H,37,40). The molecule has 1 atom stereocenters. The summed E-state index contributed by atoms with van der Waals surface area (Å²) in [7, 11) is 0. The molecule has 1 unspecified atom stereocenters. The number of nitrogens with zero attached hydrogens (tertiary/aromatic N) is 1. The zero-order valence-electron chi connectivity index (χ0n) is 27.6. The van der Waals surface area contributed by atoms with Crippen LogP contribution in [-0.4, -0.2) is 36.1 Å². The number of rotatable bonds is 30. The molecule has 3 N–H and O–H groups in total. The summed E-state index contributed by atoms with van der Waals surface area (Å²) in [6.07, 6.45) is 34.9. The van der Waals surface area contributed by atoms with Crippen molar-refractivity contribution in [2.75, 3.05) is 13.1 Å². The van der Waals surface area contributed by atoms with Gasteiger partial charge < -0.3 is 4.90 Å². The molecule has 2 amide bonds. The zero-order chi connectivity index (χ0) is 29.6. The first-order valence-electron chi connectivity index (χ1n) is 18.3. The molecule has 0 bridgehead atoms. The van der Waals surface area contributed by atoms with Crippen LogP contribution in [0, 0.1) is 0 Å². The van der Waals surface area contributed by atoms with E-state index in [1.54, 1.807) is 0 Å². The molecule has 1 aliphatic heterocycles. The lowest BCUT2D eigenvalue weighted by Gasteiger charge is -2.25. The Labute approximate surface area is 255 Å². The van der Waals surface area contributed by atoms with Crippen molar-refractivity contribution < 1.29 is 9.59 Å². The third-order valence-electron chi connectivity index (χ3n) is 8.67. The van der Waals surface area contributed by atoms with E-state index in [1.165, 1.54) is 141 Å². The smallest absolute Gasteiger partial charge is 0.234 e. The fourth-order valence-corrected chi connectivity index (χ4v) is 5.91. The average molecular weight is 579 g/mol. The van der Waals surface area contributed by atoms with Gasteiger partial charge in [0.25, 0.3) is 0 Å². The van der Waals surface area contributed by atoms with Gasteiger partial charge in [-0.1, -0.05) is 168 Å². The summed E-state index contributed by atoms with van der Waals surface area (Å²) in [6.45, 7) is 6.01. The zero-order valence-corrected chi connectivity index (χ0v) is 27.6. The van der Waals surface area contributed by atoms with Gasteiger partial charge in [0.2, 0.25) is 11.8 Å². The maximum atomic E-state index is 12.7. The summed E-state index contributed by atoms with van der Waals surface area (Å²) < 4.78 is 0. The van der Waals surface area contributed by atoms with Gasteiger partial charge in [0.15, 0.2) is 6.29 Å². The van der Waals surface area contributed by atoms with Gasteiger partial charge in [-0.05, 0) is 12.8 Å². The molecule has 1 heterocycles. The van der Waals surface area contributed by atoms with Crippen LogP contribution in [0.4, 0.5) is 0 Å². The summed E-state index contributed by atoms with van der Waals surface area (Å²) in [6, 6.07) is 0. The molecular weight excluding hydrogens is 508 g/mol. The van der Waals surface area contributed by atoms with Crippen LogP contribution in [0.1, 0.15) is 194 Å². The van der Waals surface area contributed by atoms with E-state index in [4.69, 9.17) is 0 Å². The lowest BCUT2D eigenvalue weighted by molar-refractivity contribution is -0.134. The normalized spacial score (nSPS) is 15.1. The summed E-state index contributed by atoms with van der Waals surface area (Å²) in [4.78, 5) is 26.9. The molecule has 0 aromatic heterocycles. The van der Waals surface area contributed by atoms with Crippen molar-refractivity contribution in [2.45, 2.75) is 200 Å². The van der Waals surface area contributed by atoms with E-state index in [1.807, 2.05) is 4.90 Å². The molecular formula is C35H70N4O2. The van der Waals surface area contributed by atoms with Gasteiger partial charge in [-0.25, -0.2) is 0 Å². The minimum absolute atomic E-state index is 0.0191. The van der Waals surface area contributed by atoms with Gasteiger partial charge in [0.05, 0.1) is 0 Å². The lowest BCUT2D eigenvalue weighted by Crippen LogP contribution is -2.56. The Hall–Kier alpha value is -1.14. The number of nitrogens with one attached hydrogen (secondary N) is 3. The molecule has 0 saturated carbocycles. The van der Waals surface area contributed by atoms with Crippen molar-refractivity contribution >= 4 is 11.8 Å². The largest absolute Gasteiger partial charge is 0.312 e. The van der Waals surface area contributed by atoms with Gasteiger partial charge in [-0.3, -0.25) is 20.3 Å². The van der Waals surface area contributed by atoms with E-state index in [0.29, 0.717) is 19.4 Å². The third-order valence-corrected chi connectivity index (χ3v) is 8.67. The number of unbranched alkanes of at least 4 members (excludes halogenated alkanes) is 24. The molecule has 0 aromatic rings. The molecule has 1 saturated heterocycles. The Bertz CT molecular complexity index is 601. The lowest BCUT2D eigenvalue weighted by atomic mass is 10.0. The summed E-state index contributed by atoms with van der Waals surface area (Å²) in [5.41, 5.74) is 5.88. The number of hydrogen-bond acceptors (Lipinski definition) is 4. The number of hydrazine groups is 1. The maximum absolute atomic E-state index is 12.7. The van der Waals surface area contributed by atoms with Crippen LogP contribution in [0.2, 0.25) is 0 Å². The Kier molecular flexibility index (Phi) is 26.8. The van der Waals surface area contributed by atoms with Crippen LogP contribution < -0.4 is 16.2 Å². The fraction of sp³-hybridized carbons (Fsp3) is 0.943. The third kappa shape index (κ3) is 23.0. The second-order valence-corrected chi connectivity index (χ2v) is 12.6. The van der Waals surface area contributed by atoms with Crippen LogP contribution in [0.15, 0.2) is 0 Å². The Morgan fingerprint density at radius 2 is 0.927 bits per heavy atom. The first kappa shape index (κ1) is 37.9. The first-order valence-corrected chi connectivity index (χ1v) is 18.3. The van der Waals surface area contributed by atoms with Crippen LogP contribution in [0.25, 0.3) is 0 Å². The Morgan fingerprint density at radius 1 is 0.561 bits per heavy atom. The highest BCUT2D eigenvalue weighted by atomic mass is 16.2. The predicted molar refractivity (Wildman–Crippen MR) is 175 cm³/mol. The minimum atomic E-state index is -0.292. The van der Waals surface area contributed by atoms with Gasteiger partial charge in [0, 0.05) is 25.9 Å². The number of hydrogen-bond donors (Lipinski definition) is 3. The maximum Gasteiger partial charge on any atom is 0.234 e. The van der Waals surface area contributed by atoms with Crippen molar-refractivity contribution in [1.29, 1.82) is 0 Å². The average Bonchev–Trinajstić information content (AvgIpc) is 3.45. The molecule has 1 fully saturated rings. The van der Waals surface area contributed by atoms with Gasteiger partial charge >= 0.3 is 0 Å². The molecule has 0 aromatic carbocycles. The molecule has 1 rings (SSSR count). The highest BCUT2D eigenvalue weighted by molar-refractivity contribution is 5.77. The first-order chi connectivity index (χ1) is 20.2. The van der Waals surface area contributed by atoms with Crippen molar-refractivity contribution in [3.8, 4) is 0 Å². The molecule has 6 nitrogen and oxygen atoms in total. The second kappa shape index (κ2) is 29.0. The van der Waals surface area contributed by atoms with E-state index >= 15 is 0 Å². The van der Waals surface area contributed by atoms with Crippen molar-refractivity contribution in [3.63, 3.8) is 0 Å². The highest BCUT2D eigenvalue weighted by Gasteiger charge is 2.27. The molecule has 41 heavy (non-hydrogen) atoms. The monoisotopic (exact) mass is 579 g/mol.